The second kappa shape index (κ2) is 7.35. The van der Waals surface area contributed by atoms with E-state index in [0.717, 1.165) is 12.2 Å². The van der Waals surface area contributed by atoms with Crippen LogP contribution in [-0.2, 0) is 9.47 Å². The number of hydrogen-bond donors (Lipinski definition) is 0. The number of rotatable bonds is 5. The van der Waals surface area contributed by atoms with Crippen LogP contribution in [0.4, 0.5) is 0 Å². The van der Waals surface area contributed by atoms with Crippen LogP contribution in [0.3, 0.4) is 0 Å². The molecule has 0 amide bonds. The van der Waals surface area contributed by atoms with Crippen molar-refractivity contribution in [1.82, 2.24) is 0 Å². The molecule has 0 aromatic rings. The average molecular weight is 156 g/mol. The molecule has 0 heterocycles. The van der Waals surface area contributed by atoms with Crippen LogP contribution < -0.4 is 0 Å². The van der Waals surface area contributed by atoms with Crippen LogP contribution in [0.25, 0.3) is 0 Å². The molecular formula is C9H16O2. The monoisotopic (exact) mass is 156 g/mol. The molecule has 0 rings (SSSR count). The van der Waals surface area contributed by atoms with E-state index in [-0.39, 0.29) is 0 Å². The summed E-state index contributed by atoms with van der Waals surface area (Å²) in [7, 11) is 3.33. The van der Waals surface area contributed by atoms with Crippen LogP contribution in [0, 0.1) is 0 Å². The maximum Gasteiger partial charge on any atom is 0.114 e. The summed E-state index contributed by atoms with van der Waals surface area (Å²) in [6, 6.07) is 0. The van der Waals surface area contributed by atoms with Gasteiger partial charge in [0.1, 0.15) is 5.76 Å². The summed E-state index contributed by atoms with van der Waals surface area (Å²) in [4.78, 5) is 0. The highest BCUT2D eigenvalue weighted by Gasteiger charge is 1.85. The molecule has 2 nitrogen and oxygen atoms in total. The minimum Gasteiger partial charge on any atom is -0.497 e. The molecule has 0 unspecified atom stereocenters. The molecule has 0 spiro atoms. The lowest BCUT2D eigenvalue weighted by Crippen LogP contribution is -1.84. The van der Waals surface area contributed by atoms with E-state index in [1.54, 1.807) is 14.2 Å². The normalized spacial score (nSPS) is 12.5. The molecule has 64 valence electrons. The van der Waals surface area contributed by atoms with Crippen molar-refractivity contribution in [3.63, 3.8) is 0 Å². The van der Waals surface area contributed by atoms with Crippen LogP contribution in [0.15, 0.2) is 24.0 Å². The Balaban J connectivity index is 3.76. The molecular weight excluding hydrogens is 140 g/mol. The third-order valence-corrected chi connectivity index (χ3v) is 1.19. The largest absolute Gasteiger partial charge is 0.497 e. The number of allylic oxidation sites excluding steroid dienone is 2. The average Bonchev–Trinajstić information content (AvgIpc) is 2.03. The van der Waals surface area contributed by atoms with E-state index in [0.29, 0.717) is 6.61 Å². The van der Waals surface area contributed by atoms with Crippen molar-refractivity contribution in [2.45, 2.75) is 13.3 Å². The standard InChI is InChI=1S/C9H16O2/c1-4-6-9(11-3)7-5-8-10-2/h5-7H,4,8H2,1-3H3/b7-5-,9-6+. The summed E-state index contributed by atoms with van der Waals surface area (Å²) >= 11 is 0. The van der Waals surface area contributed by atoms with Crippen molar-refractivity contribution in [2.75, 3.05) is 20.8 Å². The van der Waals surface area contributed by atoms with Crippen molar-refractivity contribution in [1.29, 1.82) is 0 Å². The van der Waals surface area contributed by atoms with Gasteiger partial charge in [0, 0.05) is 7.11 Å². The van der Waals surface area contributed by atoms with E-state index in [2.05, 4.69) is 6.92 Å². The fourth-order valence-electron chi connectivity index (χ4n) is 0.681. The van der Waals surface area contributed by atoms with Gasteiger partial charge in [0.15, 0.2) is 0 Å². The van der Waals surface area contributed by atoms with E-state index >= 15 is 0 Å². The topological polar surface area (TPSA) is 18.5 Å². The van der Waals surface area contributed by atoms with E-state index < -0.39 is 0 Å². The summed E-state index contributed by atoms with van der Waals surface area (Å²) in [5.74, 6) is 0.893. The molecule has 0 aliphatic carbocycles. The van der Waals surface area contributed by atoms with Gasteiger partial charge < -0.3 is 9.47 Å². The minimum absolute atomic E-state index is 0.629. The Morgan fingerprint density at radius 1 is 1.36 bits per heavy atom. The maximum absolute atomic E-state index is 5.06. The van der Waals surface area contributed by atoms with Gasteiger partial charge in [-0.15, -0.1) is 0 Å². The van der Waals surface area contributed by atoms with E-state index in [1.807, 2.05) is 18.2 Å². The molecule has 11 heavy (non-hydrogen) atoms. The summed E-state index contributed by atoms with van der Waals surface area (Å²) in [5, 5.41) is 0. The molecule has 0 aromatic carbocycles. The zero-order valence-electron chi connectivity index (χ0n) is 7.46. The highest BCUT2D eigenvalue weighted by atomic mass is 16.5. The summed E-state index contributed by atoms with van der Waals surface area (Å²) in [6.07, 6.45) is 6.84. The van der Waals surface area contributed by atoms with Crippen LogP contribution in [0.5, 0.6) is 0 Å². The van der Waals surface area contributed by atoms with E-state index in [4.69, 9.17) is 9.47 Å². The zero-order valence-corrected chi connectivity index (χ0v) is 7.46. The Hall–Kier alpha value is -0.760. The Morgan fingerprint density at radius 2 is 2.09 bits per heavy atom. The van der Waals surface area contributed by atoms with Crippen molar-refractivity contribution in [3.8, 4) is 0 Å². The van der Waals surface area contributed by atoms with Crippen LogP contribution in [0.1, 0.15) is 13.3 Å². The first-order valence-corrected chi connectivity index (χ1v) is 3.74. The molecule has 0 bridgehead atoms. The third kappa shape index (κ3) is 5.67. The molecule has 0 N–H and O–H groups in total. The number of ether oxygens (including phenoxy) is 2. The van der Waals surface area contributed by atoms with Gasteiger partial charge in [-0.05, 0) is 18.6 Å². The predicted octanol–water partition coefficient (Wildman–Crippen LogP) is 2.13. The molecule has 0 aliphatic rings. The smallest absolute Gasteiger partial charge is 0.114 e. The van der Waals surface area contributed by atoms with Crippen molar-refractivity contribution < 1.29 is 9.47 Å². The fourth-order valence-corrected chi connectivity index (χ4v) is 0.681. The Labute approximate surface area is 68.5 Å². The molecule has 0 saturated heterocycles. The molecule has 0 radical (unpaired) electrons. The van der Waals surface area contributed by atoms with Gasteiger partial charge in [-0.25, -0.2) is 0 Å². The molecule has 2 heteroatoms. The second-order valence-electron chi connectivity index (χ2n) is 2.08. The zero-order chi connectivity index (χ0) is 8.53. The van der Waals surface area contributed by atoms with Crippen molar-refractivity contribution in [3.05, 3.63) is 24.0 Å². The lowest BCUT2D eigenvalue weighted by Gasteiger charge is -1.98. The predicted molar refractivity (Wildman–Crippen MR) is 46.4 cm³/mol. The minimum atomic E-state index is 0.629. The van der Waals surface area contributed by atoms with E-state index in [1.165, 1.54) is 0 Å². The van der Waals surface area contributed by atoms with Gasteiger partial charge >= 0.3 is 0 Å². The first-order valence-electron chi connectivity index (χ1n) is 3.74. The maximum atomic E-state index is 5.06. The van der Waals surface area contributed by atoms with Crippen LogP contribution in [-0.4, -0.2) is 20.8 Å². The first-order chi connectivity index (χ1) is 5.35. The van der Waals surface area contributed by atoms with Gasteiger partial charge in [-0.3, -0.25) is 0 Å². The summed E-state index contributed by atoms with van der Waals surface area (Å²) in [5.41, 5.74) is 0. The molecule has 0 fully saturated rings. The summed E-state index contributed by atoms with van der Waals surface area (Å²) in [6.45, 7) is 2.70. The second-order valence-corrected chi connectivity index (χ2v) is 2.08. The van der Waals surface area contributed by atoms with E-state index in [9.17, 15) is 0 Å². The SMILES string of the molecule is CC/C=C(\C=C/COC)OC. The third-order valence-electron chi connectivity index (χ3n) is 1.19. The molecule has 0 aromatic heterocycles. The first kappa shape index (κ1) is 10.2. The van der Waals surface area contributed by atoms with Crippen LogP contribution >= 0.6 is 0 Å². The lowest BCUT2D eigenvalue weighted by atomic mass is 10.3. The fraction of sp³-hybridized carbons (Fsp3) is 0.556. The van der Waals surface area contributed by atoms with Gasteiger partial charge in [-0.1, -0.05) is 13.0 Å². The van der Waals surface area contributed by atoms with Gasteiger partial charge in [0.2, 0.25) is 0 Å². The Bertz CT molecular complexity index is 136. The molecule has 0 aliphatic heterocycles. The molecule has 0 atom stereocenters. The van der Waals surface area contributed by atoms with Gasteiger partial charge in [0.25, 0.3) is 0 Å². The van der Waals surface area contributed by atoms with Crippen molar-refractivity contribution >= 4 is 0 Å². The lowest BCUT2D eigenvalue weighted by molar-refractivity contribution is 0.233. The van der Waals surface area contributed by atoms with Gasteiger partial charge in [-0.2, -0.15) is 0 Å². The van der Waals surface area contributed by atoms with Gasteiger partial charge in [0.05, 0.1) is 13.7 Å². The highest BCUT2D eigenvalue weighted by molar-refractivity contribution is 5.11. The number of methoxy groups -OCH3 is 2. The van der Waals surface area contributed by atoms with Crippen LogP contribution in [0.2, 0.25) is 0 Å². The molecule has 0 saturated carbocycles. The Morgan fingerprint density at radius 3 is 2.55 bits per heavy atom. The summed E-state index contributed by atoms with van der Waals surface area (Å²) < 4.78 is 9.90. The number of hydrogen-bond acceptors (Lipinski definition) is 2. The quantitative estimate of drug-likeness (QED) is 0.448. The highest BCUT2D eigenvalue weighted by Crippen LogP contribution is 1.98. The van der Waals surface area contributed by atoms with Crippen molar-refractivity contribution in [2.24, 2.45) is 0 Å². The Kier molecular flexibility index (Phi) is 6.84.